The maximum absolute atomic E-state index is 12.3. The summed E-state index contributed by atoms with van der Waals surface area (Å²) in [7, 11) is 0. The van der Waals surface area contributed by atoms with Gasteiger partial charge >= 0.3 is 0 Å². The first-order chi connectivity index (χ1) is 8.99. The van der Waals surface area contributed by atoms with Crippen molar-refractivity contribution < 1.29 is 24.8 Å². The Morgan fingerprint density at radius 3 is 2.53 bits per heavy atom. The average Bonchev–Trinajstić information content (AvgIpc) is 2.32. The van der Waals surface area contributed by atoms with Crippen LogP contribution in [0.4, 0.5) is 0 Å². The van der Waals surface area contributed by atoms with Gasteiger partial charge in [0.1, 0.15) is 34.3 Å². The average molecular weight is 264 g/mol. The molecule has 0 saturated carbocycles. The van der Waals surface area contributed by atoms with Crippen LogP contribution >= 0.6 is 0 Å². The number of aliphatic hydroxyl groups is 2. The molecule has 1 aliphatic rings. The van der Waals surface area contributed by atoms with Gasteiger partial charge in [0.25, 0.3) is 0 Å². The molecule has 0 spiro atoms. The Morgan fingerprint density at radius 2 is 1.79 bits per heavy atom. The number of hydrogen-bond donors (Lipinski definition) is 4. The van der Waals surface area contributed by atoms with Crippen molar-refractivity contribution in [2.45, 2.75) is 25.0 Å². The van der Waals surface area contributed by atoms with Crippen LogP contribution in [0.5, 0.6) is 11.5 Å². The summed E-state index contributed by atoms with van der Waals surface area (Å²) < 4.78 is 5.38. The standard InChI is InChI=1S/C13H12O6/c14-5-3-8(17)10-9(4-5)19-13-7(16)2-1-6(15)11(13)12(10)18/h3-4,6-7,14-17H,1-2H2/t6-,7-/m0/s1. The maximum Gasteiger partial charge on any atom is 0.202 e. The van der Waals surface area contributed by atoms with E-state index in [4.69, 9.17) is 4.42 Å². The van der Waals surface area contributed by atoms with Crippen LogP contribution in [0, 0.1) is 0 Å². The fourth-order valence-corrected chi connectivity index (χ4v) is 2.47. The van der Waals surface area contributed by atoms with Gasteiger partial charge < -0.3 is 24.8 Å². The molecule has 1 aromatic carbocycles. The molecule has 1 aromatic heterocycles. The SMILES string of the molecule is O=c1c2c(oc3cc(O)cc(O)c13)[C@@H](O)CC[C@@H]2O. The lowest BCUT2D eigenvalue weighted by Gasteiger charge is -2.23. The minimum Gasteiger partial charge on any atom is -0.508 e. The van der Waals surface area contributed by atoms with E-state index in [1.54, 1.807) is 0 Å². The second kappa shape index (κ2) is 3.97. The highest BCUT2D eigenvalue weighted by atomic mass is 16.4. The molecule has 0 aliphatic heterocycles. The fourth-order valence-electron chi connectivity index (χ4n) is 2.47. The highest BCUT2D eigenvalue weighted by Crippen LogP contribution is 2.38. The van der Waals surface area contributed by atoms with Gasteiger partial charge in [0.2, 0.25) is 5.43 Å². The molecule has 2 atom stereocenters. The molecule has 2 aromatic rings. The third kappa shape index (κ3) is 1.68. The van der Waals surface area contributed by atoms with E-state index in [9.17, 15) is 25.2 Å². The molecule has 0 radical (unpaired) electrons. The van der Waals surface area contributed by atoms with Gasteiger partial charge in [-0.15, -0.1) is 0 Å². The number of phenolic OH excluding ortho intramolecular Hbond substituents is 2. The van der Waals surface area contributed by atoms with Crippen LogP contribution in [0.1, 0.15) is 36.4 Å². The van der Waals surface area contributed by atoms with Gasteiger partial charge in [-0.1, -0.05) is 0 Å². The van der Waals surface area contributed by atoms with E-state index in [-0.39, 0.29) is 40.9 Å². The molecule has 0 amide bonds. The van der Waals surface area contributed by atoms with Crippen molar-refractivity contribution in [1.82, 2.24) is 0 Å². The Morgan fingerprint density at radius 1 is 1.11 bits per heavy atom. The molecule has 0 fully saturated rings. The monoisotopic (exact) mass is 264 g/mol. The third-order valence-electron chi connectivity index (χ3n) is 3.37. The largest absolute Gasteiger partial charge is 0.508 e. The highest BCUT2D eigenvalue weighted by molar-refractivity contribution is 5.85. The summed E-state index contributed by atoms with van der Waals surface area (Å²) in [5.74, 6) is -0.668. The summed E-state index contributed by atoms with van der Waals surface area (Å²) in [6, 6.07) is 2.21. The summed E-state index contributed by atoms with van der Waals surface area (Å²) in [6.45, 7) is 0. The van der Waals surface area contributed by atoms with Crippen molar-refractivity contribution in [3.63, 3.8) is 0 Å². The number of fused-ring (bicyclic) bond motifs is 2. The summed E-state index contributed by atoms with van der Waals surface area (Å²) in [4.78, 5) is 12.3. The number of benzene rings is 1. The second-order valence-electron chi connectivity index (χ2n) is 4.66. The molecule has 100 valence electrons. The molecule has 0 unspecified atom stereocenters. The molecule has 1 heterocycles. The van der Waals surface area contributed by atoms with Crippen molar-refractivity contribution in [1.29, 1.82) is 0 Å². The van der Waals surface area contributed by atoms with E-state index in [2.05, 4.69) is 0 Å². The van der Waals surface area contributed by atoms with Gasteiger partial charge in [-0.05, 0) is 12.8 Å². The van der Waals surface area contributed by atoms with Crippen LogP contribution in [0.3, 0.4) is 0 Å². The second-order valence-corrected chi connectivity index (χ2v) is 4.66. The number of phenols is 2. The minimum absolute atomic E-state index is 0.00116. The Bertz CT molecular complexity index is 717. The number of rotatable bonds is 0. The lowest BCUT2D eigenvalue weighted by atomic mass is 9.91. The van der Waals surface area contributed by atoms with Crippen molar-refractivity contribution >= 4 is 11.0 Å². The molecule has 0 saturated heterocycles. The molecule has 4 N–H and O–H groups in total. The van der Waals surface area contributed by atoms with Crippen LogP contribution in [-0.2, 0) is 0 Å². The smallest absolute Gasteiger partial charge is 0.202 e. The summed E-state index contributed by atoms with van der Waals surface area (Å²) in [5.41, 5.74) is -0.623. The quantitative estimate of drug-likeness (QED) is 0.566. The van der Waals surface area contributed by atoms with Crippen LogP contribution in [-0.4, -0.2) is 20.4 Å². The predicted molar refractivity (Wildman–Crippen MR) is 65.0 cm³/mol. The summed E-state index contributed by atoms with van der Waals surface area (Å²) in [5, 5.41) is 38.7. The van der Waals surface area contributed by atoms with E-state index in [1.807, 2.05) is 0 Å². The molecule has 0 bridgehead atoms. The molecule has 3 rings (SSSR count). The molecule has 1 aliphatic carbocycles. The molecule has 6 nitrogen and oxygen atoms in total. The van der Waals surface area contributed by atoms with Gasteiger partial charge in [0.05, 0.1) is 11.7 Å². The Balaban J connectivity index is 2.46. The van der Waals surface area contributed by atoms with Crippen molar-refractivity contribution in [3.8, 4) is 11.5 Å². The summed E-state index contributed by atoms with van der Waals surface area (Å²) >= 11 is 0. The van der Waals surface area contributed by atoms with Gasteiger partial charge in [-0.3, -0.25) is 4.79 Å². The summed E-state index contributed by atoms with van der Waals surface area (Å²) in [6.07, 6.45) is -1.45. The van der Waals surface area contributed by atoms with Gasteiger partial charge in [-0.25, -0.2) is 0 Å². The Labute approximate surface area is 107 Å². The van der Waals surface area contributed by atoms with Gasteiger partial charge in [0.15, 0.2) is 0 Å². The molecular formula is C13H12O6. The van der Waals surface area contributed by atoms with Crippen LogP contribution in [0.25, 0.3) is 11.0 Å². The third-order valence-corrected chi connectivity index (χ3v) is 3.37. The molecule has 6 heteroatoms. The first-order valence-corrected chi connectivity index (χ1v) is 5.87. The predicted octanol–water partition coefficient (Wildman–Crippen LogP) is 1.06. The zero-order valence-electron chi connectivity index (χ0n) is 9.83. The number of hydrogen-bond acceptors (Lipinski definition) is 6. The first kappa shape index (κ1) is 12.0. The zero-order chi connectivity index (χ0) is 13.7. The van der Waals surface area contributed by atoms with Crippen LogP contribution < -0.4 is 5.43 Å². The van der Waals surface area contributed by atoms with E-state index in [0.717, 1.165) is 6.07 Å². The van der Waals surface area contributed by atoms with Crippen LogP contribution in [0.2, 0.25) is 0 Å². The molecule has 19 heavy (non-hydrogen) atoms. The number of aromatic hydroxyl groups is 2. The zero-order valence-corrected chi connectivity index (χ0v) is 9.83. The lowest BCUT2D eigenvalue weighted by molar-refractivity contribution is 0.0715. The highest BCUT2D eigenvalue weighted by Gasteiger charge is 2.31. The Hall–Kier alpha value is -2.05. The van der Waals surface area contributed by atoms with Gasteiger partial charge in [0, 0.05) is 12.1 Å². The Kier molecular flexibility index (Phi) is 2.51. The van der Waals surface area contributed by atoms with E-state index < -0.39 is 23.4 Å². The number of aliphatic hydroxyl groups excluding tert-OH is 2. The topological polar surface area (TPSA) is 111 Å². The van der Waals surface area contributed by atoms with Crippen molar-refractivity contribution in [3.05, 3.63) is 33.7 Å². The van der Waals surface area contributed by atoms with Crippen molar-refractivity contribution in [2.75, 3.05) is 0 Å². The minimum atomic E-state index is -1.02. The fraction of sp³-hybridized carbons (Fsp3) is 0.308. The first-order valence-electron chi connectivity index (χ1n) is 5.87. The normalized spacial score (nSPS) is 22.4. The van der Waals surface area contributed by atoms with E-state index >= 15 is 0 Å². The van der Waals surface area contributed by atoms with E-state index in [1.165, 1.54) is 6.07 Å². The molecular weight excluding hydrogens is 252 g/mol. The van der Waals surface area contributed by atoms with Crippen LogP contribution in [0.15, 0.2) is 21.3 Å². The van der Waals surface area contributed by atoms with Crippen molar-refractivity contribution in [2.24, 2.45) is 0 Å². The van der Waals surface area contributed by atoms with E-state index in [0.29, 0.717) is 0 Å². The maximum atomic E-state index is 12.3. The van der Waals surface area contributed by atoms with Gasteiger partial charge in [-0.2, -0.15) is 0 Å². The lowest BCUT2D eigenvalue weighted by Crippen LogP contribution is -2.23.